The van der Waals surface area contributed by atoms with E-state index >= 15 is 0 Å². The maximum atomic E-state index is 10.1. The van der Waals surface area contributed by atoms with Crippen LogP contribution in [0.15, 0.2) is 24.3 Å². The van der Waals surface area contributed by atoms with Crippen LogP contribution in [-0.2, 0) is 10.2 Å². The summed E-state index contributed by atoms with van der Waals surface area (Å²) in [6, 6.07) is 7.98. The minimum atomic E-state index is -0.594. The van der Waals surface area contributed by atoms with Crippen molar-refractivity contribution in [3.05, 3.63) is 29.8 Å². The Bertz CT molecular complexity index is 412. The molecule has 1 aliphatic heterocycles. The van der Waals surface area contributed by atoms with Gasteiger partial charge in [-0.2, -0.15) is 0 Å². The van der Waals surface area contributed by atoms with Gasteiger partial charge < -0.3 is 14.6 Å². The summed E-state index contributed by atoms with van der Waals surface area (Å²) in [5, 5.41) is 13.0. The predicted molar refractivity (Wildman–Crippen MR) is 79.0 cm³/mol. The number of benzene rings is 1. The number of likely N-dealkylation sites (N-methyl/N-ethyl adjacent to an activating group) is 1. The van der Waals surface area contributed by atoms with Crippen LogP contribution in [0.5, 0.6) is 5.75 Å². The molecule has 1 fully saturated rings. The summed E-state index contributed by atoms with van der Waals surface area (Å²) in [5.41, 5.74) is 0.757. The molecule has 2 N–H and O–H groups in total. The topological polar surface area (TPSA) is 50.7 Å². The standard InChI is InChI=1S/C16H25NO3/c1-12(2)8-9-20-14-6-4-13(5-7-14)16(10-19-11-16)15(18)17-3/h4-7,12,15,17-18H,8-11H2,1-3H3. The van der Waals surface area contributed by atoms with Crippen LogP contribution in [0.4, 0.5) is 0 Å². The fraction of sp³-hybridized carbons (Fsp3) is 0.625. The Morgan fingerprint density at radius 3 is 2.40 bits per heavy atom. The third kappa shape index (κ3) is 3.14. The molecule has 0 aliphatic carbocycles. The molecule has 0 aromatic heterocycles. The molecule has 1 aliphatic rings. The van der Waals surface area contributed by atoms with E-state index in [9.17, 15) is 5.11 Å². The normalized spacial score (nSPS) is 18.6. The fourth-order valence-electron chi connectivity index (χ4n) is 2.38. The van der Waals surface area contributed by atoms with Gasteiger partial charge in [-0.25, -0.2) is 0 Å². The van der Waals surface area contributed by atoms with Gasteiger partial charge in [-0.3, -0.25) is 5.32 Å². The van der Waals surface area contributed by atoms with E-state index in [1.165, 1.54) is 0 Å². The Morgan fingerprint density at radius 2 is 1.95 bits per heavy atom. The van der Waals surface area contributed by atoms with Crippen LogP contribution in [0.2, 0.25) is 0 Å². The second-order valence-corrected chi connectivity index (χ2v) is 5.90. The lowest BCUT2D eigenvalue weighted by molar-refractivity contribution is -0.127. The Balaban J connectivity index is 2.00. The summed E-state index contributed by atoms with van der Waals surface area (Å²) >= 11 is 0. The first-order chi connectivity index (χ1) is 9.58. The Labute approximate surface area is 121 Å². The van der Waals surface area contributed by atoms with Gasteiger partial charge in [0, 0.05) is 0 Å². The molecule has 0 radical (unpaired) electrons. The molecule has 112 valence electrons. The van der Waals surface area contributed by atoms with E-state index in [0.29, 0.717) is 19.1 Å². The molecule has 1 atom stereocenters. The quantitative estimate of drug-likeness (QED) is 0.749. The van der Waals surface area contributed by atoms with Gasteiger partial charge in [0.05, 0.1) is 25.2 Å². The van der Waals surface area contributed by atoms with Crippen molar-refractivity contribution in [3.63, 3.8) is 0 Å². The van der Waals surface area contributed by atoms with Crippen molar-refractivity contribution in [2.75, 3.05) is 26.9 Å². The molecule has 20 heavy (non-hydrogen) atoms. The third-order valence-corrected chi connectivity index (χ3v) is 3.91. The number of nitrogens with one attached hydrogen (secondary N) is 1. The first-order valence-corrected chi connectivity index (χ1v) is 7.25. The van der Waals surface area contributed by atoms with Crippen molar-refractivity contribution in [1.29, 1.82) is 0 Å². The zero-order valence-electron chi connectivity index (χ0n) is 12.6. The van der Waals surface area contributed by atoms with Gasteiger partial charge in [-0.15, -0.1) is 0 Å². The van der Waals surface area contributed by atoms with Crippen molar-refractivity contribution < 1.29 is 14.6 Å². The van der Waals surface area contributed by atoms with E-state index in [1.807, 2.05) is 24.3 Å². The number of aliphatic hydroxyl groups excluding tert-OH is 1. The van der Waals surface area contributed by atoms with Crippen molar-refractivity contribution in [3.8, 4) is 5.75 Å². The van der Waals surface area contributed by atoms with Crippen LogP contribution in [-0.4, -0.2) is 38.2 Å². The highest BCUT2D eigenvalue weighted by atomic mass is 16.5. The maximum Gasteiger partial charge on any atom is 0.119 e. The van der Waals surface area contributed by atoms with Gasteiger partial charge in [0.15, 0.2) is 0 Å². The van der Waals surface area contributed by atoms with Crippen molar-refractivity contribution in [1.82, 2.24) is 5.32 Å². The van der Waals surface area contributed by atoms with Gasteiger partial charge in [0.2, 0.25) is 0 Å². The minimum absolute atomic E-state index is 0.328. The van der Waals surface area contributed by atoms with Crippen LogP contribution in [0.3, 0.4) is 0 Å². The van der Waals surface area contributed by atoms with Crippen molar-refractivity contribution in [2.45, 2.75) is 31.9 Å². The van der Waals surface area contributed by atoms with E-state index in [4.69, 9.17) is 9.47 Å². The fourth-order valence-corrected chi connectivity index (χ4v) is 2.38. The lowest BCUT2D eigenvalue weighted by Crippen LogP contribution is -2.59. The summed E-state index contributed by atoms with van der Waals surface area (Å²) in [4.78, 5) is 0. The van der Waals surface area contributed by atoms with Gasteiger partial charge in [0.25, 0.3) is 0 Å². The second-order valence-electron chi connectivity index (χ2n) is 5.90. The first kappa shape index (κ1) is 15.3. The van der Waals surface area contributed by atoms with E-state index in [2.05, 4.69) is 19.2 Å². The molecule has 1 aromatic rings. The summed E-state index contributed by atoms with van der Waals surface area (Å²) < 4.78 is 11.0. The summed E-state index contributed by atoms with van der Waals surface area (Å²) in [6.45, 7) is 6.20. The molecule has 0 saturated carbocycles. The third-order valence-electron chi connectivity index (χ3n) is 3.91. The van der Waals surface area contributed by atoms with Crippen LogP contribution in [0, 0.1) is 5.92 Å². The zero-order chi connectivity index (χ0) is 14.6. The molecule has 1 aromatic carbocycles. The Kier molecular flexibility index (Phi) is 5.02. The highest BCUT2D eigenvalue weighted by Crippen LogP contribution is 2.35. The molecule has 0 amide bonds. The molecule has 2 rings (SSSR count). The minimum Gasteiger partial charge on any atom is -0.494 e. The average molecular weight is 279 g/mol. The van der Waals surface area contributed by atoms with E-state index in [0.717, 1.165) is 24.3 Å². The molecule has 0 bridgehead atoms. The van der Waals surface area contributed by atoms with Crippen LogP contribution >= 0.6 is 0 Å². The molecular weight excluding hydrogens is 254 g/mol. The molecule has 1 saturated heterocycles. The highest BCUT2D eigenvalue weighted by molar-refractivity contribution is 5.35. The van der Waals surface area contributed by atoms with Crippen LogP contribution in [0.25, 0.3) is 0 Å². The Hall–Kier alpha value is -1.10. The van der Waals surface area contributed by atoms with Gasteiger partial charge in [0.1, 0.15) is 12.0 Å². The van der Waals surface area contributed by atoms with Gasteiger partial charge >= 0.3 is 0 Å². The summed E-state index contributed by atoms with van der Waals surface area (Å²) in [7, 11) is 1.76. The van der Waals surface area contributed by atoms with Crippen molar-refractivity contribution in [2.24, 2.45) is 5.92 Å². The Morgan fingerprint density at radius 1 is 1.30 bits per heavy atom. The number of hydrogen-bond acceptors (Lipinski definition) is 4. The van der Waals surface area contributed by atoms with E-state index < -0.39 is 6.23 Å². The number of ether oxygens (including phenoxy) is 2. The molecule has 0 spiro atoms. The highest BCUT2D eigenvalue weighted by Gasteiger charge is 2.46. The van der Waals surface area contributed by atoms with E-state index in [1.54, 1.807) is 7.05 Å². The lowest BCUT2D eigenvalue weighted by atomic mass is 9.77. The SMILES string of the molecule is CNC(O)C1(c2ccc(OCCC(C)C)cc2)COC1. The number of aliphatic hydroxyl groups is 1. The molecular formula is C16H25NO3. The smallest absolute Gasteiger partial charge is 0.119 e. The van der Waals surface area contributed by atoms with Crippen LogP contribution in [0.1, 0.15) is 25.8 Å². The van der Waals surface area contributed by atoms with Crippen molar-refractivity contribution >= 4 is 0 Å². The van der Waals surface area contributed by atoms with E-state index in [-0.39, 0.29) is 5.41 Å². The molecule has 4 nitrogen and oxygen atoms in total. The van der Waals surface area contributed by atoms with Gasteiger partial charge in [-0.05, 0) is 37.1 Å². The molecule has 1 heterocycles. The zero-order valence-corrected chi connectivity index (χ0v) is 12.6. The molecule has 4 heteroatoms. The monoisotopic (exact) mass is 279 g/mol. The molecule has 1 unspecified atom stereocenters. The first-order valence-electron chi connectivity index (χ1n) is 7.25. The van der Waals surface area contributed by atoms with Gasteiger partial charge in [-0.1, -0.05) is 26.0 Å². The lowest BCUT2D eigenvalue weighted by Gasteiger charge is -2.45. The maximum absolute atomic E-state index is 10.1. The average Bonchev–Trinajstić information content (AvgIpc) is 2.38. The number of hydrogen-bond donors (Lipinski definition) is 2. The van der Waals surface area contributed by atoms with Crippen LogP contribution < -0.4 is 10.1 Å². The largest absolute Gasteiger partial charge is 0.494 e. The predicted octanol–water partition coefficient (Wildman–Crippen LogP) is 1.92. The second kappa shape index (κ2) is 6.57. The number of rotatable bonds is 7. The summed E-state index contributed by atoms with van der Waals surface area (Å²) in [5.74, 6) is 1.53. The summed E-state index contributed by atoms with van der Waals surface area (Å²) in [6.07, 6.45) is 0.460.